The molecule has 1 unspecified atom stereocenters. The first-order valence-electron chi connectivity index (χ1n) is 7.22. The average molecular weight is 328 g/mol. The number of nitrogens with two attached hydrogens (primary N) is 1. The highest BCUT2D eigenvalue weighted by molar-refractivity contribution is 6.13. The summed E-state index contributed by atoms with van der Waals surface area (Å²) in [4.78, 5) is 7.21. The van der Waals surface area contributed by atoms with Gasteiger partial charge in [-0.05, 0) is 30.3 Å². The molecule has 1 aromatic carbocycles. The molecule has 2 aliphatic rings. The van der Waals surface area contributed by atoms with Crippen LogP contribution in [0.25, 0.3) is 0 Å². The summed E-state index contributed by atoms with van der Waals surface area (Å²) in [6, 6.07) is 9.16. The van der Waals surface area contributed by atoms with E-state index in [1.165, 1.54) is 6.26 Å². The summed E-state index contributed by atoms with van der Waals surface area (Å²) in [5.41, 5.74) is 4.19. The minimum atomic E-state index is -0.495. The van der Waals surface area contributed by atoms with Gasteiger partial charge in [0.25, 0.3) is 0 Å². The fourth-order valence-electron chi connectivity index (χ4n) is 2.70. The number of ether oxygens (including phenoxy) is 1. The van der Waals surface area contributed by atoms with E-state index in [4.69, 9.17) is 25.2 Å². The molecule has 4 rings (SSSR count). The van der Waals surface area contributed by atoms with E-state index in [2.05, 4.69) is 10.7 Å². The zero-order valence-corrected chi connectivity index (χ0v) is 12.8. The van der Waals surface area contributed by atoms with Crippen molar-refractivity contribution in [2.75, 3.05) is 17.3 Å². The van der Waals surface area contributed by atoms with Crippen molar-refractivity contribution in [1.82, 2.24) is 10.7 Å². The fraction of sp³-hybridized carbons (Fsp3) is 0.133. The molecule has 0 saturated heterocycles. The Morgan fingerprint density at radius 1 is 1.25 bits per heavy atom. The number of hydrazine groups is 2. The number of fused-ring (bicyclic) bond motifs is 1. The van der Waals surface area contributed by atoms with E-state index in [-0.39, 0.29) is 5.84 Å². The van der Waals surface area contributed by atoms with Crippen LogP contribution in [0.5, 0.6) is 5.75 Å². The van der Waals surface area contributed by atoms with Gasteiger partial charge in [0.15, 0.2) is 11.9 Å². The maximum absolute atomic E-state index is 8.57. The van der Waals surface area contributed by atoms with E-state index in [1.807, 2.05) is 24.3 Å². The normalized spacial score (nSPS) is 19.9. The van der Waals surface area contributed by atoms with Crippen molar-refractivity contribution in [3.63, 3.8) is 0 Å². The minimum absolute atomic E-state index is 0.285. The summed E-state index contributed by atoms with van der Waals surface area (Å²) in [7, 11) is 1.61. The Morgan fingerprint density at radius 3 is 2.71 bits per heavy atom. The first-order chi connectivity index (χ1) is 11.7. The molecular weight excluding hydrogens is 312 g/mol. The van der Waals surface area contributed by atoms with Gasteiger partial charge in [0.1, 0.15) is 11.6 Å². The predicted molar refractivity (Wildman–Crippen MR) is 86.8 cm³/mol. The number of nitrogens with one attached hydrogen (secondary N) is 3. The van der Waals surface area contributed by atoms with Crippen LogP contribution in [-0.2, 0) is 4.84 Å². The van der Waals surface area contributed by atoms with E-state index in [0.29, 0.717) is 17.2 Å². The molecule has 0 fully saturated rings. The number of furan rings is 1. The van der Waals surface area contributed by atoms with E-state index >= 15 is 0 Å². The Hall–Kier alpha value is -3.17. The summed E-state index contributed by atoms with van der Waals surface area (Å²) in [5.74, 6) is 7.60. The summed E-state index contributed by atoms with van der Waals surface area (Å²) in [6.07, 6.45) is 2.67. The lowest BCUT2D eigenvalue weighted by atomic mass is 10.1. The molecule has 0 spiro atoms. The largest absolute Gasteiger partial charge is 0.497 e. The number of rotatable bonds is 3. The second kappa shape index (κ2) is 5.48. The van der Waals surface area contributed by atoms with Crippen LogP contribution >= 0.6 is 0 Å². The number of benzene rings is 1. The highest BCUT2D eigenvalue weighted by Crippen LogP contribution is 2.34. The van der Waals surface area contributed by atoms with Crippen LogP contribution in [0.4, 0.5) is 11.6 Å². The Balaban J connectivity index is 1.75. The van der Waals surface area contributed by atoms with E-state index in [1.54, 1.807) is 24.3 Å². The van der Waals surface area contributed by atoms with Crippen LogP contribution in [0, 0.1) is 5.41 Å². The van der Waals surface area contributed by atoms with E-state index in [9.17, 15) is 0 Å². The molecule has 24 heavy (non-hydrogen) atoms. The van der Waals surface area contributed by atoms with Gasteiger partial charge < -0.3 is 19.3 Å². The summed E-state index contributed by atoms with van der Waals surface area (Å²) < 4.78 is 10.6. The molecule has 9 heteroatoms. The lowest BCUT2D eigenvalue weighted by Gasteiger charge is -2.37. The minimum Gasteiger partial charge on any atom is -0.497 e. The molecule has 0 aliphatic carbocycles. The molecule has 2 aromatic rings. The van der Waals surface area contributed by atoms with Gasteiger partial charge in [-0.15, -0.1) is 0 Å². The van der Waals surface area contributed by atoms with Gasteiger partial charge in [0.2, 0.25) is 5.88 Å². The molecule has 2 aliphatic heterocycles. The molecular formula is C15H16N6O3. The van der Waals surface area contributed by atoms with Crippen molar-refractivity contribution in [2.45, 2.75) is 6.17 Å². The topological polar surface area (TPSA) is 112 Å². The monoisotopic (exact) mass is 328 g/mol. The third kappa shape index (κ3) is 2.23. The lowest BCUT2D eigenvalue weighted by molar-refractivity contribution is -0.132. The van der Waals surface area contributed by atoms with Gasteiger partial charge in [-0.25, -0.2) is 5.84 Å². The van der Waals surface area contributed by atoms with Crippen LogP contribution in [0.2, 0.25) is 0 Å². The highest BCUT2D eigenvalue weighted by Gasteiger charge is 2.37. The van der Waals surface area contributed by atoms with Gasteiger partial charge in [-0.2, -0.15) is 0 Å². The molecule has 1 atom stereocenters. The van der Waals surface area contributed by atoms with Crippen molar-refractivity contribution >= 4 is 17.4 Å². The smallest absolute Gasteiger partial charge is 0.205 e. The number of hydrogen-bond acceptors (Lipinski definition) is 8. The highest BCUT2D eigenvalue weighted by atomic mass is 16.7. The number of hydrogen-bond donors (Lipinski definition) is 4. The first kappa shape index (κ1) is 14.4. The van der Waals surface area contributed by atoms with Crippen LogP contribution < -0.4 is 26.2 Å². The number of anilines is 2. The van der Waals surface area contributed by atoms with Crippen molar-refractivity contribution in [1.29, 1.82) is 5.41 Å². The molecule has 1 aromatic heterocycles. The third-order valence-corrected chi connectivity index (χ3v) is 3.85. The van der Waals surface area contributed by atoms with Crippen molar-refractivity contribution < 1.29 is 14.0 Å². The maximum Gasteiger partial charge on any atom is 0.205 e. The average Bonchev–Trinajstić information content (AvgIpc) is 3.24. The second-order valence-corrected chi connectivity index (χ2v) is 5.22. The maximum atomic E-state index is 8.57. The number of methoxy groups -OCH3 is 1. The third-order valence-electron chi connectivity index (χ3n) is 3.85. The summed E-state index contributed by atoms with van der Waals surface area (Å²) >= 11 is 0. The standard InChI is InChI=1S/C15H16N6O3/c1-22-10-4-2-9(3-5-10)20-13(16)11-6-7-23-15(11)19-14(20)12-8-18-21(17)24-12/h2-8,14,16,18-19H,17H2,1H3. The fourth-order valence-corrected chi connectivity index (χ4v) is 2.70. The van der Waals surface area contributed by atoms with Crippen LogP contribution in [0.1, 0.15) is 5.56 Å². The van der Waals surface area contributed by atoms with Crippen molar-refractivity contribution in [3.05, 3.63) is 54.1 Å². The summed E-state index contributed by atoms with van der Waals surface area (Å²) in [6.45, 7) is 0. The van der Waals surface area contributed by atoms with Gasteiger partial charge in [-0.1, -0.05) is 0 Å². The summed E-state index contributed by atoms with van der Waals surface area (Å²) in [5, 5.41) is 12.8. The van der Waals surface area contributed by atoms with Gasteiger partial charge >= 0.3 is 0 Å². The van der Waals surface area contributed by atoms with Crippen LogP contribution in [-0.4, -0.2) is 24.4 Å². The molecule has 0 radical (unpaired) electrons. The molecule has 0 saturated carbocycles. The SMILES string of the molecule is COc1ccc(N2C(=N)c3ccoc3NC2C2=CNN(N)O2)cc1. The molecule has 124 valence electrons. The van der Waals surface area contributed by atoms with E-state index < -0.39 is 6.17 Å². The zero-order valence-electron chi connectivity index (χ0n) is 12.8. The molecule has 0 bridgehead atoms. The Bertz CT molecular complexity index is 800. The molecule has 5 N–H and O–H groups in total. The Kier molecular flexibility index (Phi) is 3.29. The lowest BCUT2D eigenvalue weighted by Crippen LogP contribution is -2.50. The van der Waals surface area contributed by atoms with Gasteiger partial charge in [-0.3, -0.25) is 15.7 Å². The first-order valence-corrected chi connectivity index (χ1v) is 7.22. The van der Waals surface area contributed by atoms with Gasteiger partial charge in [0, 0.05) is 11.0 Å². The number of amidine groups is 1. The van der Waals surface area contributed by atoms with Crippen molar-refractivity contribution in [3.8, 4) is 5.75 Å². The molecule has 3 heterocycles. The van der Waals surface area contributed by atoms with Gasteiger partial charge in [0.05, 0.1) is 25.1 Å². The Morgan fingerprint density at radius 2 is 2.04 bits per heavy atom. The zero-order chi connectivity index (χ0) is 16.7. The van der Waals surface area contributed by atoms with Crippen LogP contribution in [0.3, 0.4) is 0 Å². The van der Waals surface area contributed by atoms with Crippen molar-refractivity contribution in [2.24, 2.45) is 5.84 Å². The predicted octanol–water partition coefficient (Wildman–Crippen LogP) is 1.34. The van der Waals surface area contributed by atoms with E-state index in [0.717, 1.165) is 16.7 Å². The van der Waals surface area contributed by atoms with Crippen LogP contribution in [0.15, 0.2) is 53.0 Å². The Labute approximate surface area is 137 Å². The second-order valence-electron chi connectivity index (χ2n) is 5.22. The molecule has 9 nitrogen and oxygen atoms in total. The quantitative estimate of drug-likeness (QED) is 0.625. The number of nitrogens with zero attached hydrogens (tertiary/aromatic N) is 2. The molecule has 0 amide bonds.